The number of hydrogen-bond donors (Lipinski definition) is 1. The van der Waals surface area contributed by atoms with E-state index in [0.29, 0.717) is 21.9 Å². The Hall–Kier alpha value is -1.95. The summed E-state index contributed by atoms with van der Waals surface area (Å²) in [6, 6.07) is 11.3. The minimum atomic E-state index is -0.767. The molecule has 0 saturated heterocycles. The molecule has 0 radical (unpaired) electrons. The molecule has 0 fully saturated rings. The summed E-state index contributed by atoms with van der Waals surface area (Å²) in [5, 5.41) is 10.5. The Balaban J connectivity index is 1.86. The number of Topliss-reactive ketones (excluding diaryl/α,β-unsaturated/α-hetero) is 1. The predicted molar refractivity (Wildman–Crippen MR) is 95.7 cm³/mol. The van der Waals surface area contributed by atoms with Gasteiger partial charge in [0.1, 0.15) is 24.3 Å². The van der Waals surface area contributed by atoms with Gasteiger partial charge in [-0.05, 0) is 38.2 Å². The van der Waals surface area contributed by atoms with E-state index < -0.39 is 6.10 Å². The summed E-state index contributed by atoms with van der Waals surface area (Å²) in [4.78, 5) is 13.1. The van der Waals surface area contributed by atoms with E-state index in [9.17, 15) is 14.3 Å². The molecular formula is C19H21ClFNO3. The van der Waals surface area contributed by atoms with Crippen molar-refractivity contribution in [1.82, 2.24) is 4.90 Å². The number of nitrogens with zero attached hydrogens (tertiary/aromatic N) is 1. The Morgan fingerprint density at radius 1 is 1.32 bits per heavy atom. The quantitative estimate of drug-likeness (QED) is 0.727. The topological polar surface area (TPSA) is 49.8 Å². The second-order valence-electron chi connectivity index (χ2n) is 5.95. The summed E-state index contributed by atoms with van der Waals surface area (Å²) >= 11 is 6.01. The fourth-order valence-electron chi connectivity index (χ4n) is 2.43. The van der Waals surface area contributed by atoms with E-state index in [1.54, 1.807) is 48.3 Å². The molecule has 4 nitrogen and oxygen atoms in total. The number of rotatable bonds is 8. The van der Waals surface area contributed by atoms with Crippen molar-refractivity contribution in [3.63, 3.8) is 0 Å². The SMILES string of the molecule is CC(=O)c1cccc(OCC(O)CN(C)Cc2c(F)cccc2Cl)c1. The molecule has 134 valence electrons. The second-order valence-corrected chi connectivity index (χ2v) is 6.35. The highest BCUT2D eigenvalue weighted by molar-refractivity contribution is 6.31. The number of ether oxygens (including phenoxy) is 1. The van der Waals surface area contributed by atoms with Gasteiger partial charge in [-0.1, -0.05) is 29.8 Å². The van der Waals surface area contributed by atoms with Crippen LogP contribution in [0.1, 0.15) is 22.8 Å². The molecule has 1 unspecified atom stereocenters. The maximum Gasteiger partial charge on any atom is 0.159 e. The first-order chi connectivity index (χ1) is 11.9. The van der Waals surface area contributed by atoms with Crippen molar-refractivity contribution in [2.24, 2.45) is 0 Å². The summed E-state index contributed by atoms with van der Waals surface area (Å²) < 4.78 is 19.3. The summed E-state index contributed by atoms with van der Waals surface area (Å²) in [6.45, 7) is 2.12. The minimum absolute atomic E-state index is 0.0486. The summed E-state index contributed by atoms with van der Waals surface area (Å²) in [5.41, 5.74) is 0.951. The molecule has 0 bridgehead atoms. The highest BCUT2D eigenvalue weighted by atomic mass is 35.5. The molecular weight excluding hydrogens is 345 g/mol. The van der Waals surface area contributed by atoms with Gasteiger partial charge in [0.15, 0.2) is 5.78 Å². The van der Waals surface area contributed by atoms with E-state index in [0.717, 1.165) is 0 Å². The molecule has 2 aromatic carbocycles. The van der Waals surface area contributed by atoms with Gasteiger partial charge in [-0.3, -0.25) is 9.69 Å². The van der Waals surface area contributed by atoms with Crippen molar-refractivity contribution in [1.29, 1.82) is 0 Å². The lowest BCUT2D eigenvalue weighted by Crippen LogP contribution is -2.33. The van der Waals surface area contributed by atoms with E-state index in [4.69, 9.17) is 16.3 Å². The summed E-state index contributed by atoms with van der Waals surface area (Å²) in [6.07, 6.45) is -0.767. The molecule has 25 heavy (non-hydrogen) atoms. The van der Waals surface area contributed by atoms with Gasteiger partial charge < -0.3 is 9.84 Å². The van der Waals surface area contributed by atoms with E-state index >= 15 is 0 Å². The van der Waals surface area contributed by atoms with Crippen molar-refractivity contribution < 1.29 is 19.0 Å². The normalized spacial score (nSPS) is 12.2. The molecule has 0 heterocycles. The molecule has 0 spiro atoms. The van der Waals surface area contributed by atoms with E-state index in [-0.39, 0.29) is 31.3 Å². The average molecular weight is 366 g/mol. The molecule has 0 saturated carbocycles. The number of aliphatic hydroxyl groups is 1. The molecule has 0 amide bonds. The zero-order valence-electron chi connectivity index (χ0n) is 14.2. The number of benzene rings is 2. The Morgan fingerprint density at radius 2 is 2.04 bits per heavy atom. The van der Waals surface area contributed by atoms with Crippen molar-refractivity contribution in [2.45, 2.75) is 19.6 Å². The first-order valence-corrected chi connectivity index (χ1v) is 8.28. The lowest BCUT2D eigenvalue weighted by molar-refractivity contribution is 0.0740. The number of carbonyl (C=O) groups excluding carboxylic acids is 1. The van der Waals surface area contributed by atoms with Crippen LogP contribution >= 0.6 is 11.6 Å². The maximum absolute atomic E-state index is 13.8. The molecule has 0 aliphatic rings. The number of ketones is 1. The van der Waals surface area contributed by atoms with Gasteiger partial charge in [0.25, 0.3) is 0 Å². The summed E-state index contributed by atoms with van der Waals surface area (Å²) in [7, 11) is 1.77. The Labute approximate surface area is 151 Å². The van der Waals surface area contributed by atoms with Crippen LogP contribution in [0.3, 0.4) is 0 Å². The van der Waals surface area contributed by atoms with E-state index in [1.807, 2.05) is 0 Å². The zero-order chi connectivity index (χ0) is 18.4. The third-order valence-corrected chi connectivity index (χ3v) is 4.05. The van der Waals surface area contributed by atoms with Gasteiger partial charge in [0.05, 0.1) is 0 Å². The minimum Gasteiger partial charge on any atom is -0.491 e. The third-order valence-electron chi connectivity index (χ3n) is 3.70. The van der Waals surface area contributed by atoms with Crippen LogP contribution in [0.4, 0.5) is 4.39 Å². The standard InChI is InChI=1S/C19H21ClFNO3/c1-13(23)14-5-3-6-16(9-14)25-12-15(24)10-22(2)11-17-18(20)7-4-8-19(17)21/h3-9,15,24H,10-12H2,1-2H3. The number of likely N-dealkylation sites (N-methyl/N-ethyl adjacent to an activating group) is 1. The predicted octanol–water partition coefficient (Wildman–Crippen LogP) is 3.55. The second kappa shape index (κ2) is 8.94. The molecule has 0 aromatic heterocycles. The van der Waals surface area contributed by atoms with Gasteiger partial charge in [0.2, 0.25) is 0 Å². The highest BCUT2D eigenvalue weighted by Gasteiger charge is 2.14. The first-order valence-electron chi connectivity index (χ1n) is 7.90. The fraction of sp³-hybridized carbons (Fsp3) is 0.316. The molecule has 1 N–H and O–H groups in total. The van der Waals surface area contributed by atoms with Crippen LogP contribution < -0.4 is 4.74 Å². The van der Waals surface area contributed by atoms with E-state index in [1.165, 1.54) is 13.0 Å². The number of halogens is 2. The first kappa shape index (κ1) is 19.4. The number of hydrogen-bond acceptors (Lipinski definition) is 4. The maximum atomic E-state index is 13.8. The lowest BCUT2D eigenvalue weighted by atomic mass is 10.1. The Morgan fingerprint density at radius 3 is 2.72 bits per heavy atom. The molecule has 2 aromatic rings. The average Bonchev–Trinajstić information content (AvgIpc) is 2.56. The van der Waals surface area contributed by atoms with Crippen molar-refractivity contribution in [3.05, 3.63) is 64.4 Å². The van der Waals surface area contributed by atoms with Crippen LogP contribution in [-0.4, -0.2) is 42.1 Å². The van der Waals surface area contributed by atoms with Gasteiger partial charge in [0, 0.05) is 29.2 Å². The Kier molecular flexibility index (Phi) is 6.93. The fourth-order valence-corrected chi connectivity index (χ4v) is 2.65. The number of aliphatic hydroxyl groups excluding tert-OH is 1. The van der Waals surface area contributed by atoms with Crippen LogP contribution in [0.2, 0.25) is 5.02 Å². The molecule has 2 rings (SSSR count). The molecule has 0 aliphatic carbocycles. The number of carbonyl (C=O) groups is 1. The van der Waals surface area contributed by atoms with Gasteiger partial charge in [-0.25, -0.2) is 4.39 Å². The van der Waals surface area contributed by atoms with Crippen LogP contribution in [0.15, 0.2) is 42.5 Å². The van der Waals surface area contributed by atoms with Crippen LogP contribution in [0, 0.1) is 5.82 Å². The van der Waals surface area contributed by atoms with Gasteiger partial charge >= 0.3 is 0 Å². The van der Waals surface area contributed by atoms with Crippen LogP contribution in [0.5, 0.6) is 5.75 Å². The lowest BCUT2D eigenvalue weighted by Gasteiger charge is -2.21. The Bertz CT molecular complexity index is 718. The monoisotopic (exact) mass is 365 g/mol. The van der Waals surface area contributed by atoms with E-state index in [2.05, 4.69) is 0 Å². The summed E-state index contributed by atoms with van der Waals surface area (Å²) in [5.74, 6) is 0.102. The van der Waals surface area contributed by atoms with Crippen LogP contribution in [0.25, 0.3) is 0 Å². The largest absolute Gasteiger partial charge is 0.491 e. The third kappa shape index (κ3) is 5.81. The van der Waals surface area contributed by atoms with Crippen molar-refractivity contribution >= 4 is 17.4 Å². The molecule has 1 atom stereocenters. The van der Waals surface area contributed by atoms with Gasteiger partial charge in [-0.15, -0.1) is 0 Å². The highest BCUT2D eigenvalue weighted by Crippen LogP contribution is 2.20. The van der Waals surface area contributed by atoms with Crippen molar-refractivity contribution in [2.75, 3.05) is 20.2 Å². The van der Waals surface area contributed by atoms with Crippen LogP contribution in [-0.2, 0) is 6.54 Å². The molecule has 6 heteroatoms. The smallest absolute Gasteiger partial charge is 0.159 e. The molecule has 0 aliphatic heterocycles. The van der Waals surface area contributed by atoms with Crippen molar-refractivity contribution in [3.8, 4) is 5.75 Å². The van der Waals surface area contributed by atoms with Gasteiger partial charge in [-0.2, -0.15) is 0 Å². The zero-order valence-corrected chi connectivity index (χ0v) is 15.0.